The number of nitrogens with one attached hydrogen (secondary N) is 2. The Bertz CT molecular complexity index is 1250. The maximum Gasteiger partial charge on any atom is 0.259 e. The molecule has 8 heteroatoms. The molecule has 1 aliphatic carbocycles. The maximum atomic E-state index is 13.2. The van der Waals surface area contributed by atoms with Crippen LogP contribution in [-0.4, -0.2) is 42.9 Å². The number of aliphatic hydroxyl groups excluding tert-OH is 1. The van der Waals surface area contributed by atoms with Gasteiger partial charge in [-0.3, -0.25) is 4.79 Å². The molecule has 4 aromatic rings. The topological polar surface area (TPSA) is 105 Å². The second-order valence-electron chi connectivity index (χ2n) is 8.40. The zero-order valence-corrected chi connectivity index (χ0v) is 18.2. The highest BCUT2D eigenvalue weighted by molar-refractivity contribution is 6.11. The number of aromatic nitrogens is 4. The van der Waals surface area contributed by atoms with Crippen LogP contribution in [0.1, 0.15) is 41.6 Å². The molecule has 0 spiro atoms. The lowest BCUT2D eigenvalue weighted by Gasteiger charge is -2.26. The molecular formula is C25H26N6O2. The van der Waals surface area contributed by atoms with Crippen LogP contribution in [0.5, 0.6) is 0 Å². The summed E-state index contributed by atoms with van der Waals surface area (Å²) in [5.41, 5.74) is 2.17. The molecule has 1 amide bonds. The van der Waals surface area contributed by atoms with Gasteiger partial charge in [0.15, 0.2) is 0 Å². The van der Waals surface area contributed by atoms with Crippen LogP contribution in [0.15, 0.2) is 67.0 Å². The first-order chi connectivity index (χ1) is 16.2. The summed E-state index contributed by atoms with van der Waals surface area (Å²) in [6.45, 7) is 0.561. The number of carbonyl (C=O) groups is 1. The molecule has 8 nitrogen and oxygen atoms in total. The number of anilines is 2. The second kappa shape index (κ2) is 9.38. The van der Waals surface area contributed by atoms with Gasteiger partial charge in [-0.25, -0.2) is 14.6 Å². The van der Waals surface area contributed by atoms with Gasteiger partial charge in [-0.05, 0) is 37.3 Å². The first kappa shape index (κ1) is 21.1. The fourth-order valence-electron chi connectivity index (χ4n) is 4.22. The molecule has 1 aliphatic rings. The van der Waals surface area contributed by atoms with Crippen LogP contribution >= 0.6 is 0 Å². The fourth-order valence-corrected chi connectivity index (χ4v) is 4.22. The van der Waals surface area contributed by atoms with Gasteiger partial charge < -0.3 is 15.7 Å². The third kappa shape index (κ3) is 4.85. The molecule has 2 aromatic heterocycles. The summed E-state index contributed by atoms with van der Waals surface area (Å²) in [6.07, 6.45) is 6.48. The molecule has 5 rings (SSSR count). The summed E-state index contributed by atoms with van der Waals surface area (Å²) in [5.74, 6) is 0.869. The van der Waals surface area contributed by atoms with Gasteiger partial charge in [-0.1, -0.05) is 42.5 Å². The smallest absolute Gasteiger partial charge is 0.259 e. The summed E-state index contributed by atoms with van der Waals surface area (Å²) in [4.78, 5) is 22.3. The average Bonchev–Trinajstić information content (AvgIpc) is 3.27. The Labute approximate surface area is 191 Å². The van der Waals surface area contributed by atoms with E-state index in [0.717, 1.165) is 36.6 Å². The van der Waals surface area contributed by atoms with Gasteiger partial charge in [0.2, 0.25) is 5.95 Å². The first-order valence-corrected chi connectivity index (χ1v) is 11.2. The van der Waals surface area contributed by atoms with Crippen molar-refractivity contribution in [1.29, 1.82) is 0 Å². The predicted octanol–water partition coefficient (Wildman–Crippen LogP) is 3.84. The van der Waals surface area contributed by atoms with Crippen molar-refractivity contribution >= 4 is 28.6 Å². The lowest BCUT2D eigenvalue weighted by Crippen LogP contribution is -2.29. The lowest BCUT2D eigenvalue weighted by atomic mass is 9.93. The molecule has 0 aliphatic heterocycles. The summed E-state index contributed by atoms with van der Waals surface area (Å²) in [5, 5.41) is 21.2. The van der Waals surface area contributed by atoms with Gasteiger partial charge in [0.1, 0.15) is 5.82 Å². The maximum absolute atomic E-state index is 13.2. The summed E-state index contributed by atoms with van der Waals surface area (Å²) in [7, 11) is 0. The number of aliphatic hydroxyl groups is 1. The monoisotopic (exact) mass is 442 g/mol. The van der Waals surface area contributed by atoms with E-state index in [1.807, 2.05) is 42.5 Å². The molecule has 2 aromatic carbocycles. The highest BCUT2D eigenvalue weighted by Crippen LogP contribution is 2.23. The Morgan fingerprint density at radius 3 is 2.67 bits per heavy atom. The van der Waals surface area contributed by atoms with Gasteiger partial charge in [0, 0.05) is 23.7 Å². The number of fused-ring (bicyclic) bond motifs is 1. The van der Waals surface area contributed by atoms with Crippen molar-refractivity contribution in [3.8, 4) is 0 Å². The van der Waals surface area contributed by atoms with Crippen LogP contribution in [0.4, 0.5) is 11.8 Å². The minimum atomic E-state index is -0.249. The highest BCUT2D eigenvalue weighted by Gasteiger charge is 2.20. The number of rotatable bonds is 6. The molecular weight excluding hydrogens is 416 g/mol. The molecule has 0 atom stereocenters. The Kier molecular flexibility index (Phi) is 5.99. The summed E-state index contributed by atoms with van der Waals surface area (Å²) >= 11 is 0. The second-order valence-corrected chi connectivity index (χ2v) is 8.40. The van der Waals surface area contributed by atoms with Crippen molar-refractivity contribution in [1.82, 2.24) is 19.7 Å². The van der Waals surface area contributed by atoms with E-state index in [1.54, 1.807) is 29.2 Å². The zero-order valence-electron chi connectivity index (χ0n) is 18.2. The van der Waals surface area contributed by atoms with Crippen molar-refractivity contribution in [2.45, 2.75) is 44.4 Å². The first-order valence-electron chi connectivity index (χ1n) is 11.2. The highest BCUT2D eigenvalue weighted by atomic mass is 16.3. The van der Waals surface area contributed by atoms with E-state index < -0.39 is 0 Å². The number of carbonyl (C=O) groups excluding carboxylic acids is 1. The van der Waals surface area contributed by atoms with Crippen molar-refractivity contribution in [3.05, 3.63) is 78.1 Å². The van der Waals surface area contributed by atoms with Gasteiger partial charge in [0.25, 0.3) is 5.91 Å². The third-order valence-electron chi connectivity index (χ3n) is 6.02. The standard InChI is InChI=1S/C25H26N6O2/c32-20-11-9-19(10-12-20)28-25-26-15-18-7-4-8-21(23(18)30-25)24(33)29-22-13-14-27-31(22)16-17-5-2-1-3-6-17/h1-8,13-15,19-20,32H,9-12,16H2,(H,29,33)(H,26,28,30)/t19-,20-. The number of hydrogen-bond donors (Lipinski definition) is 3. The van der Waals surface area contributed by atoms with E-state index in [9.17, 15) is 9.90 Å². The van der Waals surface area contributed by atoms with Crippen molar-refractivity contribution in [3.63, 3.8) is 0 Å². The molecule has 1 fully saturated rings. The molecule has 0 saturated heterocycles. The average molecular weight is 443 g/mol. The normalized spacial score (nSPS) is 18.2. The van der Waals surface area contributed by atoms with E-state index in [1.165, 1.54) is 0 Å². The van der Waals surface area contributed by atoms with Crippen LogP contribution in [0, 0.1) is 0 Å². The van der Waals surface area contributed by atoms with E-state index >= 15 is 0 Å². The van der Waals surface area contributed by atoms with E-state index in [-0.39, 0.29) is 18.1 Å². The number of nitrogens with zero attached hydrogens (tertiary/aromatic N) is 4. The quantitative estimate of drug-likeness (QED) is 0.419. The zero-order chi connectivity index (χ0) is 22.6. The minimum Gasteiger partial charge on any atom is -0.393 e. The summed E-state index contributed by atoms with van der Waals surface area (Å²) in [6, 6.07) is 17.5. The Hall–Kier alpha value is -3.78. The molecule has 1 saturated carbocycles. The Morgan fingerprint density at radius 1 is 1.03 bits per heavy atom. The SMILES string of the molecule is O=C(Nc1ccnn1Cc1ccccc1)c1cccc2cnc(N[C@H]3CC[C@H](O)CC3)nc12. The fraction of sp³-hybridized carbons (Fsp3) is 0.280. The largest absolute Gasteiger partial charge is 0.393 e. The number of hydrogen-bond acceptors (Lipinski definition) is 6. The molecule has 168 valence electrons. The molecule has 0 unspecified atom stereocenters. The Balaban J connectivity index is 1.36. The summed E-state index contributed by atoms with van der Waals surface area (Å²) < 4.78 is 1.76. The molecule has 0 radical (unpaired) electrons. The molecule has 33 heavy (non-hydrogen) atoms. The van der Waals surface area contributed by atoms with Crippen LogP contribution in [0.25, 0.3) is 10.9 Å². The van der Waals surface area contributed by atoms with Gasteiger partial charge in [-0.2, -0.15) is 5.10 Å². The molecule has 3 N–H and O–H groups in total. The van der Waals surface area contributed by atoms with Crippen molar-refractivity contribution in [2.75, 3.05) is 10.6 Å². The number of amides is 1. The van der Waals surface area contributed by atoms with Crippen LogP contribution < -0.4 is 10.6 Å². The third-order valence-corrected chi connectivity index (χ3v) is 6.02. The van der Waals surface area contributed by atoms with Crippen LogP contribution in [0.2, 0.25) is 0 Å². The van der Waals surface area contributed by atoms with Crippen LogP contribution in [-0.2, 0) is 6.54 Å². The van der Waals surface area contributed by atoms with Crippen molar-refractivity contribution in [2.24, 2.45) is 0 Å². The van der Waals surface area contributed by atoms with E-state index in [4.69, 9.17) is 0 Å². The van der Waals surface area contributed by atoms with Crippen LogP contribution in [0.3, 0.4) is 0 Å². The Morgan fingerprint density at radius 2 is 1.85 bits per heavy atom. The minimum absolute atomic E-state index is 0.216. The van der Waals surface area contributed by atoms with E-state index in [2.05, 4.69) is 25.7 Å². The lowest BCUT2D eigenvalue weighted by molar-refractivity contribution is 0.102. The van der Waals surface area contributed by atoms with Gasteiger partial charge >= 0.3 is 0 Å². The van der Waals surface area contributed by atoms with Gasteiger partial charge in [0.05, 0.1) is 29.9 Å². The molecule has 2 heterocycles. The number of benzene rings is 2. The van der Waals surface area contributed by atoms with Gasteiger partial charge in [-0.15, -0.1) is 0 Å². The van der Waals surface area contributed by atoms with E-state index in [0.29, 0.717) is 29.4 Å². The molecule has 0 bridgehead atoms. The predicted molar refractivity (Wildman–Crippen MR) is 127 cm³/mol. The number of para-hydroxylation sites is 1. The van der Waals surface area contributed by atoms with Crippen molar-refractivity contribution < 1.29 is 9.90 Å².